The van der Waals surface area contributed by atoms with E-state index in [1.54, 1.807) is 0 Å². The predicted molar refractivity (Wildman–Crippen MR) is 127 cm³/mol. The second kappa shape index (κ2) is 77.4. The molecular weight excluding hydrogens is 1190 g/mol. The molecule has 10 nitrogen and oxygen atoms in total. The molecular formula is C10H15Br5Cl5Fe6O10. The number of halogens is 10. The standard InChI is InChI=1S/5C2H4O2.5BrH.5ClH.6Fe/c5*1-2(3)4;;;;;;;;;;;;;;;;/h5*1H3,(H,3,4);10*1H;;;;;;/q;;;;;;;;;;;;;;;3*+2;3*+3/p-15. The minimum absolute atomic E-state index is 0. The van der Waals surface area contributed by atoms with Gasteiger partial charge in [0.05, 0.1) is 0 Å². The average molecular weight is 1210 g/mol. The number of carbonyl (C=O) groups excluding carboxylic acids is 5. The van der Waals surface area contributed by atoms with Crippen LogP contribution in [0.5, 0.6) is 0 Å². The molecule has 0 spiro atoms. The summed E-state index contributed by atoms with van der Waals surface area (Å²) >= 11 is 15.4. The molecule has 0 atom stereocenters. The predicted octanol–water partition coefficient (Wildman–Crippen LogP) is 1.44. The first-order valence-electron chi connectivity index (χ1n) is 5.88. The third-order valence-electron chi connectivity index (χ3n) is 0. The monoisotopic (exact) mass is 1200 g/mol. The Morgan fingerprint density at radius 1 is 0.611 bits per heavy atom. The van der Waals surface area contributed by atoms with E-state index in [-0.39, 0.29) is 55.7 Å². The molecule has 0 aliphatic heterocycles. The first-order valence-corrected chi connectivity index (χ1v) is 27.1. The van der Waals surface area contributed by atoms with Gasteiger partial charge in [-0.05, 0) is 34.6 Å². The molecule has 0 rings (SSSR count). The second-order valence-corrected chi connectivity index (χ2v) is 32.4. The third kappa shape index (κ3) is 2860. The molecule has 36 heavy (non-hydrogen) atoms. The van der Waals surface area contributed by atoms with E-state index in [4.69, 9.17) is 100.0 Å². The zero-order valence-corrected chi connectivity index (χ0v) is 35.8. The quantitative estimate of drug-likeness (QED) is 0.320. The average Bonchev–Trinajstić information content (AvgIpc) is 2.43. The topological polar surface area (TPSA) is 201 Å². The van der Waals surface area contributed by atoms with Crippen LogP contribution in [0.3, 0.4) is 0 Å². The maximum atomic E-state index is 8.89. The van der Waals surface area contributed by atoms with Crippen molar-refractivity contribution < 1.29 is 128 Å². The van der Waals surface area contributed by atoms with Gasteiger partial charge in [0.1, 0.15) is 0 Å². The maximum Gasteiger partial charge on any atom is 3.00 e. The fourth-order valence-corrected chi connectivity index (χ4v) is 0. The normalized spacial score (nSPS) is 7.19. The number of hydrogen-bond acceptors (Lipinski definition) is 10. The number of carboxylic acids is 5. The van der Waals surface area contributed by atoms with Crippen LogP contribution in [-0.4, -0.2) is 29.8 Å². The van der Waals surface area contributed by atoms with Gasteiger partial charge in [0.25, 0.3) is 0 Å². The van der Waals surface area contributed by atoms with Gasteiger partial charge in [0, 0.05) is 29.8 Å². The van der Waals surface area contributed by atoms with E-state index < -0.39 is 41.0 Å². The molecule has 0 aromatic rings. The van der Waals surface area contributed by atoms with Crippen LogP contribution in [0, 0.1) is 0 Å². The van der Waals surface area contributed by atoms with Crippen molar-refractivity contribution in [3.05, 3.63) is 0 Å². The summed E-state index contributed by atoms with van der Waals surface area (Å²) in [6.07, 6.45) is 0. The van der Waals surface area contributed by atoms with Crippen molar-refractivity contribution in [3.63, 3.8) is 0 Å². The molecule has 0 aromatic heterocycles. The van der Waals surface area contributed by atoms with Crippen LogP contribution >= 0.6 is 121 Å². The molecule has 0 saturated carbocycles. The molecule has 233 valence electrons. The van der Waals surface area contributed by atoms with E-state index in [1.165, 1.54) is 0 Å². The molecule has 0 aromatic carbocycles. The molecule has 0 unspecified atom stereocenters. The Morgan fingerprint density at radius 3 is 0.611 bits per heavy atom. The van der Waals surface area contributed by atoms with Crippen molar-refractivity contribution in [3.8, 4) is 0 Å². The third-order valence-corrected chi connectivity index (χ3v) is 0. The van der Waals surface area contributed by atoms with E-state index in [2.05, 4.69) is 70.6 Å². The van der Waals surface area contributed by atoms with Crippen LogP contribution in [0.4, 0.5) is 0 Å². The molecule has 0 heterocycles. The van der Waals surface area contributed by atoms with E-state index in [0.29, 0.717) is 0 Å². The molecule has 0 amide bonds. The second-order valence-electron chi connectivity index (χ2n) is 2.86. The Balaban J connectivity index is -0.0000000216. The van der Waals surface area contributed by atoms with Gasteiger partial charge in [-0.25, -0.2) is 0 Å². The van der Waals surface area contributed by atoms with Gasteiger partial charge in [-0.2, -0.15) is 0 Å². The van der Waals surface area contributed by atoms with Crippen molar-refractivity contribution in [2.45, 2.75) is 34.6 Å². The number of aliphatic carboxylic acids is 5. The summed E-state index contributed by atoms with van der Waals surface area (Å²) in [5, 5.41) is 44.4. The van der Waals surface area contributed by atoms with Crippen molar-refractivity contribution in [2.24, 2.45) is 0 Å². The van der Waals surface area contributed by atoms with Crippen LogP contribution in [0.25, 0.3) is 0 Å². The van der Waals surface area contributed by atoms with Crippen molar-refractivity contribution >= 4 is 151 Å². The number of hydrogen-bond donors (Lipinski definition) is 0. The summed E-state index contributed by atoms with van der Waals surface area (Å²) in [4.78, 5) is 44.4. The van der Waals surface area contributed by atoms with Gasteiger partial charge < -0.3 is 49.5 Å². The van der Waals surface area contributed by atoms with Crippen molar-refractivity contribution in [1.29, 1.82) is 0 Å². The smallest absolute Gasteiger partial charge is 2.00 e. The Labute approximate surface area is 308 Å². The summed E-state index contributed by atoms with van der Waals surface area (Å²) in [6.45, 7) is 4.86. The SMILES string of the molecule is CC(=O)[O-].CC(=O)[O-].CC(=O)[O-].CC(=O)[O-].CC(=O)[O-].[Br][Fe]([Br])[Br].[Br][Fe][Br].[Cl][Fe]([Cl])[Cl].[Cl][Fe][Cl].[Fe+2].[Fe+3]. The van der Waals surface area contributed by atoms with Crippen LogP contribution in [0.1, 0.15) is 34.6 Å². The summed E-state index contributed by atoms with van der Waals surface area (Å²) in [5.41, 5.74) is 0. The van der Waals surface area contributed by atoms with Gasteiger partial charge in [0.2, 0.25) is 0 Å². The molecule has 26 heteroatoms. The van der Waals surface area contributed by atoms with Gasteiger partial charge in [0.15, 0.2) is 0 Å². The first kappa shape index (κ1) is 72.5. The summed E-state index contributed by atoms with van der Waals surface area (Å²) in [5.74, 6) is -5.42. The molecule has 0 aliphatic carbocycles. The molecule has 0 N–H and O–H groups in total. The molecule has 1 radical (unpaired) electrons. The largest absolute Gasteiger partial charge is 3.00 e. The Hall–Kier alpha value is 4.32. The summed E-state index contributed by atoms with van der Waals surface area (Å²) in [7, 11) is 23.9. The molecule has 0 bridgehead atoms. The number of carbonyl (C=O) groups is 5. The van der Waals surface area contributed by atoms with Crippen molar-refractivity contribution in [2.75, 3.05) is 0 Å². The fraction of sp³-hybridized carbons (Fsp3) is 0.500. The van der Waals surface area contributed by atoms with E-state index in [1.807, 2.05) is 0 Å². The van der Waals surface area contributed by atoms with E-state index >= 15 is 0 Å². The minimum atomic E-state index is -1.33. The summed E-state index contributed by atoms with van der Waals surface area (Å²) < 4.78 is 0. The van der Waals surface area contributed by atoms with E-state index in [0.717, 1.165) is 46.0 Å². The number of carboxylic acid groups (broad SMARTS) is 5. The zero-order valence-electron chi connectivity index (χ0n) is 17.5. The van der Waals surface area contributed by atoms with Crippen molar-refractivity contribution in [1.82, 2.24) is 0 Å². The van der Waals surface area contributed by atoms with Crippen LogP contribution < -0.4 is 25.5 Å². The Morgan fingerprint density at radius 2 is 0.611 bits per heavy atom. The first-order chi connectivity index (χ1) is 15.0. The zero-order chi connectivity index (χ0) is 30.5. The van der Waals surface area contributed by atoms with Crippen LogP contribution in [0.2, 0.25) is 0 Å². The van der Waals surface area contributed by atoms with Gasteiger partial charge in [-0.15, -0.1) is 0 Å². The van der Waals surface area contributed by atoms with Gasteiger partial charge in [-0.3, -0.25) is 0 Å². The Kier molecular flexibility index (Phi) is 156. The van der Waals surface area contributed by atoms with E-state index in [9.17, 15) is 0 Å². The minimum Gasteiger partial charge on any atom is 2.00 e. The number of rotatable bonds is 0. The maximum absolute atomic E-state index is 8.89. The van der Waals surface area contributed by atoms with Crippen LogP contribution in [-0.2, 0) is 102 Å². The fourth-order valence-electron chi connectivity index (χ4n) is 0. The summed E-state index contributed by atoms with van der Waals surface area (Å²) in [6, 6.07) is 0. The molecule has 0 saturated heterocycles. The van der Waals surface area contributed by atoms with Gasteiger partial charge >= 0.3 is 199 Å². The molecule has 0 aliphatic rings. The molecule has 0 fully saturated rings. The van der Waals surface area contributed by atoms with Gasteiger partial charge in [-0.1, -0.05) is 0 Å². The Bertz CT molecular complexity index is 353. The van der Waals surface area contributed by atoms with Crippen LogP contribution in [0.15, 0.2) is 0 Å².